The Bertz CT molecular complexity index is 674. The number of rotatable bonds is 4. The van der Waals surface area contributed by atoms with Crippen molar-refractivity contribution in [3.63, 3.8) is 0 Å². The van der Waals surface area contributed by atoms with Crippen LogP contribution in [0.15, 0.2) is 18.2 Å². The van der Waals surface area contributed by atoms with Crippen molar-refractivity contribution in [3.8, 4) is 11.8 Å². The zero-order chi connectivity index (χ0) is 18.1. The maximum atomic E-state index is 12.1. The summed E-state index contributed by atoms with van der Waals surface area (Å²) in [6, 6.07) is 7.19. The van der Waals surface area contributed by atoms with Crippen molar-refractivity contribution in [2.24, 2.45) is 5.73 Å². The van der Waals surface area contributed by atoms with E-state index in [9.17, 15) is 10.1 Å². The molecule has 1 heterocycles. The van der Waals surface area contributed by atoms with Gasteiger partial charge in [0.05, 0.1) is 17.7 Å². The fraction of sp³-hybridized carbons (Fsp3) is 0.556. The van der Waals surface area contributed by atoms with Gasteiger partial charge in [-0.1, -0.05) is 20.8 Å². The number of hydrogen-bond donors (Lipinski definition) is 1. The number of carbonyl (C=O) groups excluding carboxylic acids is 1. The minimum atomic E-state index is -2.00. The second-order valence-corrected chi connectivity index (χ2v) is 12.7. The van der Waals surface area contributed by atoms with Gasteiger partial charge in [0.2, 0.25) is 14.2 Å². The Hall–Kier alpha value is -1.84. The smallest absolute Gasteiger partial charge is 0.250 e. The Morgan fingerprint density at radius 3 is 2.58 bits per heavy atom. The zero-order valence-electron chi connectivity index (χ0n) is 15.2. The van der Waals surface area contributed by atoms with E-state index in [2.05, 4.69) is 39.9 Å². The predicted octanol–water partition coefficient (Wildman–Crippen LogP) is 3.00. The lowest BCUT2D eigenvalue weighted by Gasteiger charge is -2.37. The normalized spacial score (nSPS) is 18.6. The van der Waals surface area contributed by atoms with Gasteiger partial charge in [-0.05, 0) is 42.8 Å². The summed E-state index contributed by atoms with van der Waals surface area (Å²) < 4.78 is 6.43. The van der Waals surface area contributed by atoms with Crippen molar-refractivity contribution < 1.29 is 9.22 Å². The summed E-state index contributed by atoms with van der Waals surface area (Å²) in [4.78, 5) is 13.9. The molecule has 0 radical (unpaired) electrons. The van der Waals surface area contributed by atoms with Crippen LogP contribution in [0.1, 0.15) is 38.3 Å². The fourth-order valence-electron chi connectivity index (χ4n) is 2.43. The molecule has 2 N–H and O–H groups in total. The van der Waals surface area contributed by atoms with E-state index in [0.29, 0.717) is 25.1 Å². The third-order valence-electron chi connectivity index (χ3n) is 5.06. The van der Waals surface area contributed by atoms with Gasteiger partial charge in [0.1, 0.15) is 5.75 Å². The summed E-state index contributed by atoms with van der Waals surface area (Å²) in [5, 5.41) is 9.26. The second-order valence-electron chi connectivity index (χ2n) is 7.95. The molecule has 1 aliphatic rings. The molecule has 0 aromatic heterocycles. The quantitative estimate of drug-likeness (QED) is 0.851. The standard InChI is InChI=1S/C18H27N3O2Si/c1-18(2,3)24(4,5)23-16-7-6-13(11-19)10-14(16)12-21-9-8-15(20)17(21)22/h6-7,10,15H,8-9,12,20H2,1-5H3/t15-/m0/s1. The summed E-state index contributed by atoms with van der Waals surface area (Å²) in [5.74, 6) is 0.740. The van der Waals surface area contributed by atoms with Gasteiger partial charge in [-0.2, -0.15) is 5.26 Å². The molecule has 0 unspecified atom stereocenters. The van der Waals surface area contributed by atoms with Crippen LogP contribution in [-0.2, 0) is 11.3 Å². The van der Waals surface area contributed by atoms with Crippen LogP contribution in [0.4, 0.5) is 0 Å². The van der Waals surface area contributed by atoms with E-state index in [1.807, 2.05) is 12.1 Å². The van der Waals surface area contributed by atoms with Gasteiger partial charge in [0.25, 0.3) is 0 Å². The number of nitrogens with two attached hydrogens (primary N) is 1. The van der Waals surface area contributed by atoms with Crippen molar-refractivity contribution in [2.45, 2.75) is 57.9 Å². The Morgan fingerprint density at radius 2 is 2.08 bits per heavy atom. The lowest BCUT2D eigenvalue weighted by atomic mass is 10.1. The molecule has 1 saturated heterocycles. The molecule has 1 aromatic carbocycles. The fourth-order valence-corrected chi connectivity index (χ4v) is 3.48. The second kappa shape index (κ2) is 6.58. The molecule has 1 atom stereocenters. The Morgan fingerprint density at radius 1 is 1.42 bits per heavy atom. The molecule has 1 amide bonds. The predicted molar refractivity (Wildman–Crippen MR) is 97.0 cm³/mol. The molecule has 130 valence electrons. The summed E-state index contributed by atoms with van der Waals surface area (Å²) in [5.41, 5.74) is 7.26. The number of nitriles is 1. The van der Waals surface area contributed by atoms with Crippen molar-refractivity contribution in [2.75, 3.05) is 6.54 Å². The van der Waals surface area contributed by atoms with Crippen molar-refractivity contribution in [1.82, 2.24) is 4.90 Å². The molecule has 0 bridgehead atoms. The van der Waals surface area contributed by atoms with Crippen LogP contribution in [-0.4, -0.2) is 31.7 Å². The van der Waals surface area contributed by atoms with E-state index in [0.717, 1.165) is 11.3 Å². The number of hydrogen-bond acceptors (Lipinski definition) is 4. The molecular weight excluding hydrogens is 318 g/mol. The van der Waals surface area contributed by atoms with Crippen LogP contribution < -0.4 is 10.2 Å². The molecule has 0 spiro atoms. The third kappa shape index (κ3) is 3.79. The van der Waals surface area contributed by atoms with Crippen LogP contribution >= 0.6 is 0 Å². The summed E-state index contributed by atoms with van der Waals surface area (Å²) in [7, 11) is -2.00. The Labute approximate surface area is 145 Å². The lowest BCUT2D eigenvalue weighted by molar-refractivity contribution is -0.129. The van der Waals surface area contributed by atoms with E-state index in [1.54, 1.807) is 11.0 Å². The van der Waals surface area contributed by atoms with Gasteiger partial charge in [0.15, 0.2) is 0 Å². The number of nitrogens with zero attached hydrogens (tertiary/aromatic N) is 2. The van der Waals surface area contributed by atoms with Crippen molar-refractivity contribution in [3.05, 3.63) is 29.3 Å². The molecule has 2 rings (SSSR count). The average molecular weight is 346 g/mol. The number of benzene rings is 1. The zero-order valence-corrected chi connectivity index (χ0v) is 16.2. The topological polar surface area (TPSA) is 79.3 Å². The third-order valence-corrected chi connectivity index (χ3v) is 9.40. The van der Waals surface area contributed by atoms with Gasteiger partial charge in [-0.25, -0.2) is 0 Å². The van der Waals surface area contributed by atoms with Gasteiger partial charge >= 0.3 is 0 Å². The first kappa shape index (κ1) is 18.5. The SMILES string of the molecule is CC(C)(C)[Si](C)(C)Oc1ccc(C#N)cc1CN1CC[C@H](N)C1=O. The highest BCUT2D eigenvalue weighted by Crippen LogP contribution is 2.38. The van der Waals surface area contributed by atoms with Gasteiger partial charge in [0, 0.05) is 18.7 Å². The lowest BCUT2D eigenvalue weighted by Crippen LogP contribution is -2.44. The van der Waals surface area contributed by atoms with Crippen LogP contribution in [0, 0.1) is 11.3 Å². The first-order valence-corrected chi connectivity index (χ1v) is 11.2. The molecule has 6 heteroatoms. The highest BCUT2D eigenvalue weighted by Gasteiger charge is 2.39. The molecule has 1 aliphatic heterocycles. The monoisotopic (exact) mass is 345 g/mol. The minimum Gasteiger partial charge on any atom is -0.543 e. The Balaban J connectivity index is 2.32. The summed E-state index contributed by atoms with van der Waals surface area (Å²) in [6.07, 6.45) is 0.676. The number of amides is 1. The molecular formula is C18H27N3O2Si. The van der Waals surface area contributed by atoms with Crippen LogP contribution in [0.3, 0.4) is 0 Å². The maximum absolute atomic E-state index is 12.1. The summed E-state index contributed by atoms with van der Waals surface area (Å²) in [6.45, 7) is 12.0. The highest BCUT2D eigenvalue weighted by molar-refractivity contribution is 6.74. The largest absolute Gasteiger partial charge is 0.543 e. The summed E-state index contributed by atoms with van der Waals surface area (Å²) >= 11 is 0. The molecule has 5 nitrogen and oxygen atoms in total. The maximum Gasteiger partial charge on any atom is 0.250 e. The van der Waals surface area contributed by atoms with Crippen LogP contribution in [0.5, 0.6) is 5.75 Å². The van der Waals surface area contributed by atoms with E-state index in [4.69, 9.17) is 10.2 Å². The molecule has 0 saturated carbocycles. The Kier molecular flexibility index (Phi) is 5.07. The van der Waals surface area contributed by atoms with Gasteiger partial charge in [-0.3, -0.25) is 4.79 Å². The molecule has 1 fully saturated rings. The van der Waals surface area contributed by atoms with Crippen molar-refractivity contribution in [1.29, 1.82) is 5.26 Å². The molecule has 1 aromatic rings. The first-order valence-electron chi connectivity index (χ1n) is 8.31. The molecule has 0 aliphatic carbocycles. The minimum absolute atomic E-state index is 0.0318. The van der Waals surface area contributed by atoms with Gasteiger partial charge < -0.3 is 15.1 Å². The van der Waals surface area contributed by atoms with E-state index in [-0.39, 0.29) is 10.9 Å². The van der Waals surface area contributed by atoms with Crippen molar-refractivity contribution >= 4 is 14.2 Å². The van der Waals surface area contributed by atoms with Crippen LogP contribution in [0.25, 0.3) is 0 Å². The number of likely N-dealkylation sites (tertiary alicyclic amines) is 1. The first-order chi connectivity index (χ1) is 11.0. The molecule has 24 heavy (non-hydrogen) atoms. The highest BCUT2D eigenvalue weighted by atomic mass is 28.4. The average Bonchev–Trinajstić information content (AvgIpc) is 2.79. The van der Waals surface area contributed by atoms with Gasteiger partial charge in [-0.15, -0.1) is 0 Å². The number of carbonyl (C=O) groups is 1. The van der Waals surface area contributed by atoms with Crippen LogP contribution in [0.2, 0.25) is 18.1 Å². The van der Waals surface area contributed by atoms with E-state index >= 15 is 0 Å². The van der Waals surface area contributed by atoms with E-state index < -0.39 is 14.4 Å². The van der Waals surface area contributed by atoms with E-state index in [1.165, 1.54) is 0 Å².